The summed E-state index contributed by atoms with van der Waals surface area (Å²) < 4.78 is 62.9. The highest BCUT2D eigenvalue weighted by Gasteiger charge is 2.19. The molecule has 0 saturated carbocycles. The number of aliphatic hydroxyl groups is 2. The number of para-hydroxylation sites is 1. The van der Waals surface area contributed by atoms with Gasteiger partial charge in [0, 0.05) is 42.8 Å². The maximum atomic E-state index is 13.7. The van der Waals surface area contributed by atoms with Crippen LogP contribution in [0, 0.1) is 5.82 Å². The Morgan fingerprint density at radius 2 is 1.87 bits per heavy atom. The zero-order valence-corrected chi connectivity index (χ0v) is 16.0. The molecule has 0 unspecified atom stereocenters. The average molecular weight is 418 g/mol. The molecule has 1 aromatic heterocycles. The Kier molecular flexibility index (Phi) is 4.60. The number of aliphatic hydroxyl groups excluding tert-OH is 2. The first-order valence-corrected chi connectivity index (χ1v) is 9.35. The predicted octanol–water partition coefficient (Wildman–Crippen LogP) is 4.63. The molecule has 0 fully saturated rings. The second-order valence-electron chi connectivity index (χ2n) is 6.97. The van der Waals surface area contributed by atoms with Crippen molar-refractivity contribution in [3.8, 4) is 11.1 Å². The second-order valence-corrected chi connectivity index (χ2v) is 6.97. The number of benzene rings is 2. The number of hydrogen-bond acceptors (Lipinski definition) is 3. The lowest BCUT2D eigenvalue weighted by Crippen LogP contribution is -2.19. The summed E-state index contributed by atoms with van der Waals surface area (Å²) in [6.07, 6.45) is -0.948. The van der Waals surface area contributed by atoms with Crippen LogP contribution in [0.4, 0.5) is 4.39 Å². The second kappa shape index (κ2) is 9.24. The molecule has 0 saturated heterocycles. The maximum Gasteiger partial charge on any atom is 0.305 e. The van der Waals surface area contributed by atoms with E-state index in [1.807, 2.05) is 0 Å². The Morgan fingerprint density at radius 3 is 2.53 bits per heavy atom. The van der Waals surface area contributed by atoms with E-state index < -0.39 is 50.2 Å². The highest BCUT2D eigenvalue weighted by atomic mass is 19.1. The van der Waals surface area contributed by atoms with E-state index in [2.05, 4.69) is 0 Å². The zero-order valence-electron chi connectivity index (χ0n) is 22.0. The van der Waals surface area contributed by atoms with Crippen LogP contribution < -0.4 is 0 Å². The minimum atomic E-state index is -2.94. The lowest BCUT2D eigenvalue weighted by molar-refractivity contribution is -0.139. The third-order valence-electron chi connectivity index (χ3n) is 4.74. The van der Waals surface area contributed by atoms with Gasteiger partial charge in [-0.1, -0.05) is 36.4 Å². The molecule has 0 amide bonds. The summed E-state index contributed by atoms with van der Waals surface area (Å²) in [6.45, 7) is -5.88. The molecule has 3 rings (SSSR count). The van der Waals surface area contributed by atoms with Crippen molar-refractivity contribution < 1.29 is 32.7 Å². The smallest absolute Gasteiger partial charge is 0.305 e. The molecule has 0 bridgehead atoms. The van der Waals surface area contributed by atoms with Gasteiger partial charge in [0.15, 0.2) is 0 Å². The molecular weight excluding hydrogens is 385 g/mol. The summed E-state index contributed by atoms with van der Waals surface area (Å²) in [5.74, 6) is -1.74. The molecule has 6 heteroatoms. The van der Waals surface area contributed by atoms with E-state index in [-0.39, 0.29) is 12.1 Å². The average Bonchev–Trinajstić information content (AvgIpc) is 3.04. The van der Waals surface area contributed by atoms with Gasteiger partial charge in [-0.15, -0.1) is 0 Å². The maximum absolute atomic E-state index is 13.7. The quantitative estimate of drug-likeness (QED) is 0.499. The molecule has 2 aromatic carbocycles. The van der Waals surface area contributed by atoms with Gasteiger partial charge in [-0.25, -0.2) is 4.39 Å². The third-order valence-corrected chi connectivity index (χ3v) is 4.74. The van der Waals surface area contributed by atoms with Crippen molar-refractivity contribution in [2.75, 3.05) is 0 Å². The molecule has 0 aliphatic carbocycles. The van der Waals surface area contributed by atoms with Crippen molar-refractivity contribution >= 4 is 22.9 Å². The number of carboxylic acids is 1. The summed E-state index contributed by atoms with van der Waals surface area (Å²) in [5, 5.41) is 29.6. The van der Waals surface area contributed by atoms with Crippen LogP contribution in [0.25, 0.3) is 28.1 Å². The molecule has 0 spiro atoms. The number of rotatable bonds is 8. The first-order chi connectivity index (χ1) is 16.7. The van der Waals surface area contributed by atoms with Gasteiger partial charge < -0.3 is 19.9 Å². The van der Waals surface area contributed by atoms with E-state index in [1.54, 1.807) is 24.3 Å². The predicted molar refractivity (Wildman–Crippen MR) is 116 cm³/mol. The van der Waals surface area contributed by atoms with Crippen LogP contribution in [-0.2, 0) is 4.79 Å². The summed E-state index contributed by atoms with van der Waals surface area (Å²) in [4.78, 5) is 10.8. The molecule has 30 heavy (non-hydrogen) atoms. The Bertz CT molecular complexity index is 1240. The van der Waals surface area contributed by atoms with E-state index in [0.717, 1.165) is 0 Å². The number of nitrogens with zero attached hydrogens (tertiary/aromatic N) is 1. The summed E-state index contributed by atoms with van der Waals surface area (Å²) >= 11 is 0. The number of fused-ring (bicyclic) bond motifs is 1. The fourth-order valence-corrected chi connectivity index (χ4v) is 3.49. The highest BCUT2D eigenvalue weighted by molar-refractivity contribution is 6.01. The van der Waals surface area contributed by atoms with Gasteiger partial charge >= 0.3 is 5.97 Å². The van der Waals surface area contributed by atoms with E-state index in [0.29, 0.717) is 22.0 Å². The van der Waals surface area contributed by atoms with Gasteiger partial charge in [0.05, 0.1) is 18.6 Å². The van der Waals surface area contributed by atoms with Crippen molar-refractivity contribution in [1.29, 1.82) is 0 Å². The monoisotopic (exact) mass is 417 g/mol. The highest BCUT2D eigenvalue weighted by Crippen LogP contribution is 2.38. The number of aliphatic carboxylic acids is 1. The van der Waals surface area contributed by atoms with E-state index >= 15 is 0 Å². The van der Waals surface area contributed by atoms with Crippen molar-refractivity contribution in [1.82, 2.24) is 4.57 Å². The van der Waals surface area contributed by atoms with Crippen LogP contribution in [0.15, 0.2) is 54.6 Å². The molecular formula is C24H26FNO4. The van der Waals surface area contributed by atoms with Crippen LogP contribution in [0.2, 0.25) is 0 Å². The van der Waals surface area contributed by atoms with E-state index in [9.17, 15) is 19.4 Å². The Hall–Kier alpha value is -2.96. The van der Waals surface area contributed by atoms with E-state index in [1.165, 1.54) is 41.0 Å². The molecule has 2 atom stereocenters. The first kappa shape index (κ1) is 14.9. The van der Waals surface area contributed by atoms with Crippen LogP contribution >= 0.6 is 0 Å². The molecule has 3 N–H and O–H groups in total. The summed E-state index contributed by atoms with van der Waals surface area (Å²) in [5.41, 5.74) is 1.38. The van der Waals surface area contributed by atoms with Crippen molar-refractivity contribution in [2.24, 2.45) is 0 Å². The fourth-order valence-electron chi connectivity index (χ4n) is 3.49. The molecule has 5 nitrogen and oxygen atoms in total. The number of halogens is 1. The Balaban J connectivity index is 2.28. The standard InChI is InChI=1S/C24H26FNO4/c1-15(2)26-21-6-4-3-5-20(21)24(16-7-9-17(25)10-8-16)22(26)12-11-18(27)13-19(28)14-23(29)30/h3-12,15,18-19,27-28H,13-14H2,1-2H3,(H,29,30)/b12-11+/t18-,19-/m0/s1/i1D3,2D3. The van der Waals surface area contributed by atoms with Crippen LogP contribution in [0.5, 0.6) is 0 Å². The topological polar surface area (TPSA) is 82.7 Å². The van der Waals surface area contributed by atoms with Crippen molar-refractivity contribution in [3.63, 3.8) is 0 Å². The van der Waals surface area contributed by atoms with Gasteiger partial charge in [-0.2, -0.15) is 0 Å². The number of aromatic nitrogens is 1. The molecule has 0 radical (unpaired) electrons. The largest absolute Gasteiger partial charge is 0.481 e. The van der Waals surface area contributed by atoms with E-state index in [4.69, 9.17) is 13.3 Å². The van der Waals surface area contributed by atoms with Gasteiger partial charge in [0.25, 0.3) is 0 Å². The summed E-state index contributed by atoms with van der Waals surface area (Å²) in [6, 6.07) is 10.0. The van der Waals surface area contributed by atoms with Crippen LogP contribution in [-0.4, -0.2) is 38.1 Å². The lowest BCUT2D eigenvalue weighted by atomic mass is 10.0. The SMILES string of the molecule is [2H]C([2H])([2H])C(n1c(/C=C/[C@H](O)C[C@H](O)CC(=O)O)c(-c2ccc(F)cc2)c2ccccc21)C([2H])([2H])[2H]. The normalized spacial score (nSPS) is 17.7. The Labute approximate surface area is 183 Å². The zero-order chi connectivity index (χ0) is 26.8. The first-order valence-electron chi connectivity index (χ1n) is 12.3. The van der Waals surface area contributed by atoms with Gasteiger partial charge in [-0.3, -0.25) is 4.79 Å². The van der Waals surface area contributed by atoms with Crippen LogP contribution in [0.3, 0.4) is 0 Å². The van der Waals surface area contributed by atoms with Crippen molar-refractivity contribution in [3.05, 3.63) is 66.1 Å². The molecule has 0 aliphatic rings. The minimum Gasteiger partial charge on any atom is -0.481 e. The van der Waals surface area contributed by atoms with Crippen LogP contribution in [0.1, 0.15) is 46.5 Å². The molecule has 3 aromatic rings. The summed E-state index contributed by atoms with van der Waals surface area (Å²) in [7, 11) is 0. The minimum absolute atomic E-state index is 0.145. The molecule has 1 heterocycles. The van der Waals surface area contributed by atoms with Gasteiger partial charge in [0.2, 0.25) is 0 Å². The van der Waals surface area contributed by atoms with Crippen molar-refractivity contribution in [2.45, 2.75) is 44.8 Å². The molecule has 158 valence electrons. The number of hydrogen-bond donors (Lipinski definition) is 3. The van der Waals surface area contributed by atoms with Gasteiger partial charge in [-0.05, 0) is 43.5 Å². The lowest BCUT2D eigenvalue weighted by Gasteiger charge is -2.15. The number of carboxylic acid groups (broad SMARTS) is 1. The molecule has 0 aliphatic heterocycles. The third kappa shape index (κ3) is 4.78. The fraction of sp³-hybridized carbons (Fsp3) is 0.292. The van der Waals surface area contributed by atoms with Gasteiger partial charge in [0.1, 0.15) is 5.82 Å². The number of carbonyl (C=O) groups is 1. The Morgan fingerprint density at radius 1 is 1.17 bits per heavy atom.